The lowest BCUT2D eigenvalue weighted by Gasteiger charge is -2.36. The maximum absolute atomic E-state index is 2.43. The third kappa shape index (κ3) is 3.73. The fourth-order valence-electron chi connectivity index (χ4n) is 4.16. The Bertz CT molecular complexity index is 240. The molecule has 0 spiro atoms. The van der Waals surface area contributed by atoms with Crippen molar-refractivity contribution in [2.45, 2.75) is 65.2 Å². The molecule has 0 aromatic heterocycles. The van der Waals surface area contributed by atoms with Crippen molar-refractivity contribution >= 4 is 0 Å². The summed E-state index contributed by atoms with van der Waals surface area (Å²) in [6, 6.07) is 0. The van der Waals surface area contributed by atoms with Crippen LogP contribution in [0, 0.1) is 23.7 Å². The first-order chi connectivity index (χ1) is 8.83. The van der Waals surface area contributed by atoms with E-state index in [0.717, 1.165) is 23.7 Å². The van der Waals surface area contributed by atoms with E-state index in [1.165, 1.54) is 51.4 Å². The molecule has 0 heteroatoms. The van der Waals surface area contributed by atoms with Crippen molar-refractivity contribution in [1.82, 2.24) is 0 Å². The van der Waals surface area contributed by atoms with E-state index < -0.39 is 0 Å². The second kappa shape index (κ2) is 7.16. The molecular formula is C18H30. The van der Waals surface area contributed by atoms with Crippen LogP contribution in [0.2, 0.25) is 0 Å². The van der Waals surface area contributed by atoms with Gasteiger partial charge in [0.1, 0.15) is 0 Å². The van der Waals surface area contributed by atoms with Crippen molar-refractivity contribution in [3.8, 4) is 0 Å². The van der Waals surface area contributed by atoms with Gasteiger partial charge in [0.2, 0.25) is 0 Å². The highest BCUT2D eigenvalue weighted by Gasteiger charge is 2.29. The first-order valence-electron chi connectivity index (χ1n) is 8.09. The van der Waals surface area contributed by atoms with Crippen LogP contribution in [0.1, 0.15) is 65.2 Å². The van der Waals surface area contributed by atoms with E-state index in [2.05, 4.69) is 38.2 Å². The number of allylic oxidation sites excluding steroid dienone is 4. The minimum absolute atomic E-state index is 0.894. The highest BCUT2D eigenvalue weighted by Crippen LogP contribution is 2.41. The average molecular weight is 246 g/mol. The van der Waals surface area contributed by atoms with Gasteiger partial charge in [-0.3, -0.25) is 0 Å². The fourth-order valence-corrected chi connectivity index (χ4v) is 4.16. The zero-order valence-electron chi connectivity index (χ0n) is 12.3. The second-order valence-electron chi connectivity index (χ2n) is 6.40. The van der Waals surface area contributed by atoms with E-state index >= 15 is 0 Å². The summed E-state index contributed by atoms with van der Waals surface area (Å²) >= 11 is 0. The Morgan fingerprint density at radius 3 is 1.17 bits per heavy atom. The third-order valence-corrected chi connectivity index (χ3v) is 5.23. The molecular weight excluding hydrogens is 216 g/mol. The predicted molar refractivity (Wildman–Crippen MR) is 80.5 cm³/mol. The summed E-state index contributed by atoms with van der Waals surface area (Å²) in [4.78, 5) is 0. The van der Waals surface area contributed by atoms with Gasteiger partial charge in [0.25, 0.3) is 0 Å². The van der Waals surface area contributed by atoms with Gasteiger partial charge in [0.05, 0.1) is 0 Å². The fraction of sp³-hybridized carbons (Fsp3) is 0.778. The van der Waals surface area contributed by atoms with Gasteiger partial charge in [-0.2, -0.15) is 0 Å². The van der Waals surface area contributed by atoms with E-state index in [1.54, 1.807) is 0 Å². The summed E-state index contributed by atoms with van der Waals surface area (Å²) in [6.07, 6.45) is 21.1. The van der Waals surface area contributed by atoms with Gasteiger partial charge in [-0.25, -0.2) is 0 Å². The van der Waals surface area contributed by atoms with Crippen LogP contribution in [-0.4, -0.2) is 0 Å². The Labute approximate surface area is 114 Å². The van der Waals surface area contributed by atoms with Crippen LogP contribution >= 0.6 is 0 Å². The molecule has 0 N–H and O–H groups in total. The summed E-state index contributed by atoms with van der Waals surface area (Å²) in [6.45, 7) is 4.32. The van der Waals surface area contributed by atoms with Gasteiger partial charge in [-0.15, -0.1) is 0 Å². The summed E-state index contributed by atoms with van der Waals surface area (Å²) in [5.74, 6) is 3.90. The van der Waals surface area contributed by atoms with Crippen LogP contribution in [0.4, 0.5) is 0 Å². The first kappa shape index (κ1) is 13.9. The normalized spacial score (nSPS) is 38.6. The van der Waals surface area contributed by atoms with Crippen LogP contribution in [0.15, 0.2) is 24.3 Å². The number of hydrogen-bond donors (Lipinski definition) is 0. The highest BCUT2D eigenvalue weighted by molar-refractivity contribution is 4.93. The van der Waals surface area contributed by atoms with Crippen molar-refractivity contribution in [3.05, 3.63) is 24.3 Å². The number of hydrogen-bond acceptors (Lipinski definition) is 0. The molecule has 0 atom stereocenters. The molecule has 0 amide bonds. The summed E-state index contributed by atoms with van der Waals surface area (Å²) in [5, 5.41) is 0. The molecule has 0 aromatic carbocycles. The van der Waals surface area contributed by atoms with E-state index in [9.17, 15) is 0 Å². The molecule has 0 radical (unpaired) electrons. The zero-order chi connectivity index (χ0) is 12.8. The van der Waals surface area contributed by atoms with Gasteiger partial charge in [0.15, 0.2) is 0 Å². The number of rotatable bonds is 3. The molecule has 18 heavy (non-hydrogen) atoms. The molecule has 0 saturated heterocycles. The van der Waals surface area contributed by atoms with E-state index in [1.807, 2.05) is 0 Å². The lowest BCUT2D eigenvalue weighted by atomic mass is 9.69. The largest absolute Gasteiger partial charge is 0.0914 e. The topological polar surface area (TPSA) is 0 Å². The SMILES string of the molecule is C/C=C\C1CCC(C2CCC(/C=C/C)CC2)CC1. The van der Waals surface area contributed by atoms with Gasteiger partial charge >= 0.3 is 0 Å². The summed E-state index contributed by atoms with van der Waals surface area (Å²) in [7, 11) is 0. The second-order valence-corrected chi connectivity index (χ2v) is 6.40. The zero-order valence-corrected chi connectivity index (χ0v) is 12.3. The monoisotopic (exact) mass is 246 g/mol. The Morgan fingerprint density at radius 2 is 0.889 bits per heavy atom. The molecule has 0 nitrogen and oxygen atoms in total. The van der Waals surface area contributed by atoms with Gasteiger partial charge in [-0.1, -0.05) is 24.3 Å². The molecule has 0 aliphatic heterocycles. The van der Waals surface area contributed by atoms with E-state index in [0.29, 0.717) is 0 Å². The summed E-state index contributed by atoms with van der Waals surface area (Å²) < 4.78 is 0. The first-order valence-corrected chi connectivity index (χ1v) is 8.09. The average Bonchev–Trinajstić information content (AvgIpc) is 2.41. The predicted octanol–water partition coefficient (Wildman–Crippen LogP) is 5.75. The van der Waals surface area contributed by atoms with Gasteiger partial charge in [-0.05, 0) is 88.9 Å². The van der Waals surface area contributed by atoms with Crippen LogP contribution in [-0.2, 0) is 0 Å². The van der Waals surface area contributed by atoms with Crippen LogP contribution in [0.5, 0.6) is 0 Å². The molecule has 0 bridgehead atoms. The molecule has 0 aromatic rings. The Morgan fingerprint density at radius 1 is 0.556 bits per heavy atom. The molecule has 0 heterocycles. The van der Waals surface area contributed by atoms with Crippen molar-refractivity contribution in [3.63, 3.8) is 0 Å². The van der Waals surface area contributed by atoms with E-state index in [-0.39, 0.29) is 0 Å². The quantitative estimate of drug-likeness (QED) is 0.556. The minimum Gasteiger partial charge on any atom is -0.0914 e. The molecule has 2 fully saturated rings. The van der Waals surface area contributed by atoms with Crippen LogP contribution in [0.25, 0.3) is 0 Å². The standard InChI is InChI=1S/C18H30/c1-3-5-15-7-11-17(12-8-15)18-13-9-16(6-4-2)10-14-18/h3-6,15-18H,7-14H2,1-2H3/b5-3-,6-4+. The Kier molecular flexibility index (Phi) is 5.53. The maximum atomic E-state index is 2.43. The van der Waals surface area contributed by atoms with Gasteiger partial charge < -0.3 is 0 Å². The van der Waals surface area contributed by atoms with Gasteiger partial charge in [0, 0.05) is 0 Å². The molecule has 102 valence electrons. The smallest absolute Gasteiger partial charge is 0.0233 e. The van der Waals surface area contributed by atoms with Crippen molar-refractivity contribution in [2.24, 2.45) is 23.7 Å². The van der Waals surface area contributed by atoms with Crippen molar-refractivity contribution < 1.29 is 0 Å². The van der Waals surface area contributed by atoms with Crippen LogP contribution < -0.4 is 0 Å². The van der Waals surface area contributed by atoms with E-state index in [4.69, 9.17) is 0 Å². The Balaban J connectivity index is 1.74. The lowest BCUT2D eigenvalue weighted by molar-refractivity contribution is 0.166. The van der Waals surface area contributed by atoms with Crippen LogP contribution in [0.3, 0.4) is 0 Å². The molecule has 0 unspecified atom stereocenters. The molecule has 2 saturated carbocycles. The molecule has 2 rings (SSSR count). The lowest BCUT2D eigenvalue weighted by Crippen LogP contribution is -2.25. The summed E-state index contributed by atoms with van der Waals surface area (Å²) in [5.41, 5.74) is 0. The Hall–Kier alpha value is -0.520. The minimum atomic E-state index is 0.894. The third-order valence-electron chi connectivity index (χ3n) is 5.23. The van der Waals surface area contributed by atoms with Crippen molar-refractivity contribution in [2.75, 3.05) is 0 Å². The maximum Gasteiger partial charge on any atom is -0.0233 e. The molecule has 2 aliphatic carbocycles. The highest BCUT2D eigenvalue weighted by atomic mass is 14.3. The van der Waals surface area contributed by atoms with Crippen molar-refractivity contribution in [1.29, 1.82) is 0 Å². The molecule has 2 aliphatic rings.